The normalized spacial score (nSPS) is 11.6. The van der Waals surface area contributed by atoms with E-state index >= 15 is 0 Å². The zero-order chi connectivity index (χ0) is 24.6. The van der Waals surface area contributed by atoms with Crippen LogP contribution in [0.2, 0.25) is 0 Å². The summed E-state index contributed by atoms with van der Waals surface area (Å²) in [5.41, 5.74) is 0. The van der Waals surface area contributed by atoms with E-state index < -0.39 is 0 Å². The SMILES string of the molecule is [CH]=C/C=C/CCCCCCCCCCCCCCCCCCCCCCCCCCCCCC. The summed E-state index contributed by atoms with van der Waals surface area (Å²) < 4.78 is 0. The van der Waals surface area contributed by atoms with Crippen molar-refractivity contribution in [2.45, 2.75) is 193 Å². The maximum absolute atomic E-state index is 5.33. The monoisotopic (exact) mass is 474 g/mol. The molecule has 34 heavy (non-hydrogen) atoms. The van der Waals surface area contributed by atoms with Crippen LogP contribution in [0.1, 0.15) is 193 Å². The lowest BCUT2D eigenvalue weighted by Gasteiger charge is -2.04. The molecule has 0 aromatic carbocycles. The highest BCUT2D eigenvalue weighted by molar-refractivity contribution is 4.95. The van der Waals surface area contributed by atoms with E-state index in [-0.39, 0.29) is 0 Å². The standard InChI is InChI=1S/C34H65/c1-3-5-7-9-11-13-15-17-19-21-23-25-27-29-31-33-34-32-30-28-26-24-22-20-18-16-14-12-10-8-6-4-2/h1,3,5,7H,4,6,8-34H2,2H3/b3-1?,7-5+. The van der Waals surface area contributed by atoms with Crippen LogP contribution in [0.25, 0.3) is 0 Å². The van der Waals surface area contributed by atoms with Crippen LogP contribution in [-0.2, 0) is 0 Å². The second-order valence-electron chi connectivity index (χ2n) is 11.0. The van der Waals surface area contributed by atoms with E-state index in [4.69, 9.17) is 6.58 Å². The molecule has 0 saturated heterocycles. The summed E-state index contributed by atoms with van der Waals surface area (Å²) in [7, 11) is 0. The predicted octanol–water partition coefficient (Wildman–Crippen LogP) is 12.9. The Morgan fingerprint density at radius 3 is 0.824 bits per heavy atom. The first-order valence-electron chi connectivity index (χ1n) is 16.1. The van der Waals surface area contributed by atoms with E-state index in [1.165, 1.54) is 186 Å². The molecular formula is C34H65. The molecule has 0 atom stereocenters. The van der Waals surface area contributed by atoms with Gasteiger partial charge in [0.2, 0.25) is 0 Å². The smallest absolute Gasteiger partial charge is 0.0348 e. The maximum atomic E-state index is 5.33. The first kappa shape index (κ1) is 33.5. The van der Waals surface area contributed by atoms with Gasteiger partial charge in [0.25, 0.3) is 0 Å². The number of hydrogen-bond acceptors (Lipinski definition) is 0. The molecular weight excluding hydrogens is 408 g/mol. The van der Waals surface area contributed by atoms with Crippen molar-refractivity contribution >= 4 is 0 Å². The van der Waals surface area contributed by atoms with Crippen LogP contribution >= 0.6 is 0 Å². The fraction of sp³-hybridized carbons (Fsp3) is 0.882. The summed E-state index contributed by atoms with van der Waals surface area (Å²) in [4.78, 5) is 0. The highest BCUT2D eigenvalue weighted by Gasteiger charge is 1.96. The molecule has 0 rings (SSSR count). The number of rotatable bonds is 30. The van der Waals surface area contributed by atoms with E-state index in [9.17, 15) is 0 Å². The Morgan fingerprint density at radius 1 is 0.353 bits per heavy atom. The van der Waals surface area contributed by atoms with Crippen LogP contribution in [0, 0.1) is 6.58 Å². The summed E-state index contributed by atoms with van der Waals surface area (Å²) in [6.45, 7) is 7.63. The second-order valence-corrected chi connectivity index (χ2v) is 11.0. The van der Waals surface area contributed by atoms with Gasteiger partial charge in [-0.2, -0.15) is 0 Å². The van der Waals surface area contributed by atoms with Gasteiger partial charge in [0.1, 0.15) is 0 Å². The molecule has 0 saturated carbocycles. The van der Waals surface area contributed by atoms with Crippen LogP contribution in [0.15, 0.2) is 18.2 Å². The summed E-state index contributed by atoms with van der Waals surface area (Å²) in [6, 6.07) is 0. The van der Waals surface area contributed by atoms with Gasteiger partial charge in [-0.1, -0.05) is 205 Å². The minimum Gasteiger partial charge on any atom is -0.0845 e. The van der Waals surface area contributed by atoms with Crippen LogP contribution in [-0.4, -0.2) is 0 Å². The van der Waals surface area contributed by atoms with Crippen molar-refractivity contribution in [3.8, 4) is 0 Å². The van der Waals surface area contributed by atoms with E-state index in [2.05, 4.69) is 13.0 Å². The third-order valence-electron chi connectivity index (χ3n) is 7.47. The molecule has 1 radical (unpaired) electrons. The van der Waals surface area contributed by atoms with Gasteiger partial charge in [-0.05, 0) is 12.8 Å². The van der Waals surface area contributed by atoms with Crippen molar-refractivity contribution in [3.63, 3.8) is 0 Å². The molecule has 0 aliphatic carbocycles. The third-order valence-corrected chi connectivity index (χ3v) is 7.47. The van der Waals surface area contributed by atoms with E-state index in [1.54, 1.807) is 6.08 Å². The highest BCUT2D eigenvalue weighted by Crippen LogP contribution is 2.16. The molecule has 201 valence electrons. The van der Waals surface area contributed by atoms with Gasteiger partial charge in [0.05, 0.1) is 0 Å². The number of hydrogen-bond donors (Lipinski definition) is 0. The minimum absolute atomic E-state index is 1.19. The van der Waals surface area contributed by atoms with Gasteiger partial charge in [0, 0.05) is 0 Å². The van der Waals surface area contributed by atoms with E-state index in [1.807, 2.05) is 6.08 Å². The fourth-order valence-corrected chi connectivity index (χ4v) is 5.11. The largest absolute Gasteiger partial charge is 0.0845 e. The maximum Gasteiger partial charge on any atom is -0.0348 e. The summed E-state index contributed by atoms with van der Waals surface area (Å²) in [6.07, 6.45) is 47.9. The number of allylic oxidation sites excluding steroid dienone is 3. The average molecular weight is 474 g/mol. The van der Waals surface area contributed by atoms with E-state index in [0.717, 1.165) is 0 Å². The Hall–Kier alpha value is -0.520. The quantitative estimate of drug-likeness (QED) is 0.0718. The van der Waals surface area contributed by atoms with Crippen LogP contribution in [0.5, 0.6) is 0 Å². The molecule has 0 aromatic rings. The molecule has 0 bridgehead atoms. The Balaban J connectivity index is 3.01. The molecule has 0 heteroatoms. The van der Waals surface area contributed by atoms with Gasteiger partial charge in [0.15, 0.2) is 0 Å². The van der Waals surface area contributed by atoms with Gasteiger partial charge in [-0.15, -0.1) is 0 Å². The molecule has 0 spiro atoms. The lowest BCUT2D eigenvalue weighted by atomic mass is 10.0. The molecule has 0 heterocycles. The first-order valence-corrected chi connectivity index (χ1v) is 16.1. The van der Waals surface area contributed by atoms with Crippen molar-refractivity contribution in [2.24, 2.45) is 0 Å². The van der Waals surface area contributed by atoms with Crippen molar-refractivity contribution in [1.82, 2.24) is 0 Å². The highest BCUT2D eigenvalue weighted by atomic mass is 14.0. The van der Waals surface area contributed by atoms with Gasteiger partial charge in [-0.25, -0.2) is 0 Å². The summed E-state index contributed by atoms with van der Waals surface area (Å²) in [5, 5.41) is 0. The first-order chi connectivity index (χ1) is 16.9. The zero-order valence-corrected chi connectivity index (χ0v) is 23.8. The zero-order valence-electron chi connectivity index (χ0n) is 23.8. The molecule has 0 unspecified atom stereocenters. The molecule has 0 aliphatic heterocycles. The van der Waals surface area contributed by atoms with Crippen LogP contribution < -0.4 is 0 Å². The molecule has 0 fully saturated rings. The lowest BCUT2D eigenvalue weighted by molar-refractivity contribution is 0.514. The van der Waals surface area contributed by atoms with Crippen molar-refractivity contribution in [2.75, 3.05) is 0 Å². The molecule has 0 N–H and O–H groups in total. The van der Waals surface area contributed by atoms with Crippen molar-refractivity contribution in [3.05, 3.63) is 24.8 Å². The number of unbranched alkanes of at least 4 members (excludes halogenated alkanes) is 28. The van der Waals surface area contributed by atoms with Crippen molar-refractivity contribution < 1.29 is 0 Å². The van der Waals surface area contributed by atoms with Crippen LogP contribution in [0.4, 0.5) is 0 Å². The van der Waals surface area contributed by atoms with Crippen molar-refractivity contribution in [1.29, 1.82) is 0 Å². The Kier molecular flexibility index (Phi) is 32.0. The average Bonchev–Trinajstić information content (AvgIpc) is 2.85. The van der Waals surface area contributed by atoms with Gasteiger partial charge in [-0.3, -0.25) is 0 Å². The van der Waals surface area contributed by atoms with E-state index in [0.29, 0.717) is 0 Å². The summed E-state index contributed by atoms with van der Waals surface area (Å²) in [5.74, 6) is 0. The topological polar surface area (TPSA) is 0 Å². The van der Waals surface area contributed by atoms with Gasteiger partial charge < -0.3 is 0 Å². The third kappa shape index (κ3) is 31.5. The Morgan fingerprint density at radius 2 is 0.588 bits per heavy atom. The van der Waals surface area contributed by atoms with Crippen LogP contribution in [0.3, 0.4) is 0 Å². The molecule has 0 nitrogen and oxygen atoms in total. The lowest BCUT2D eigenvalue weighted by Crippen LogP contribution is -1.85. The molecule has 0 aliphatic rings. The Labute approximate surface area is 217 Å². The Bertz CT molecular complexity index is 379. The second kappa shape index (κ2) is 32.5. The molecule has 0 aromatic heterocycles. The predicted molar refractivity (Wildman–Crippen MR) is 158 cm³/mol. The fourth-order valence-electron chi connectivity index (χ4n) is 5.11. The summed E-state index contributed by atoms with van der Waals surface area (Å²) >= 11 is 0. The molecule has 0 amide bonds. The minimum atomic E-state index is 1.19. The van der Waals surface area contributed by atoms with Gasteiger partial charge >= 0.3 is 0 Å².